The van der Waals surface area contributed by atoms with E-state index in [9.17, 15) is 18.0 Å². The number of carbonyl (C=O) groups is 1. The number of hydrogen-bond acceptors (Lipinski definition) is 1. The molecule has 0 saturated heterocycles. The van der Waals surface area contributed by atoms with Crippen LogP contribution >= 0.6 is 39.1 Å². The monoisotopic (exact) mass is 320 g/mol. The molecule has 82 valence electrons. The van der Waals surface area contributed by atoms with Crippen LogP contribution in [-0.4, -0.2) is 5.24 Å². The first-order chi connectivity index (χ1) is 6.75. The maximum Gasteiger partial charge on any atom is 0.418 e. The number of rotatable bonds is 1. The SMILES string of the molecule is O=C(Cl)c1ccc(Cl)c(Br)c1C(F)(F)F. The Morgan fingerprint density at radius 2 is 1.87 bits per heavy atom. The van der Waals surface area contributed by atoms with E-state index in [-0.39, 0.29) is 9.50 Å². The normalized spacial score (nSPS) is 11.6. The van der Waals surface area contributed by atoms with Crippen molar-refractivity contribution in [1.82, 2.24) is 0 Å². The summed E-state index contributed by atoms with van der Waals surface area (Å²) in [5, 5.41) is -1.32. The van der Waals surface area contributed by atoms with Crippen LogP contribution in [0.1, 0.15) is 15.9 Å². The zero-order valence-corrected chi connectivity index (χ0v) is 9.93. The summed E-state index contributed by atoms with van der Waals surface area (Å²) >= 11 is 13.2. The van der Waals surface area contributed by atoms with Crippen molar-refractivity contribution < 1.29 is 18.0 Å². The van der Waals surface area contributed by atoms with E-state index in [1.54, 1.807) is 0 Å². The minimum atomic E-state index is -4.69. The quantitative estimate of drug-likeness (QED) is 0.696. The molecule has 1 nitrogen and oxygen atoms in total. The number of halogens is 6. The second-order valence-electron chi connectivity index (χ2n) is 2.56. The minimum absolute atomic E-state index is 0.135. The van der Waals surface area contributed by atoms with Gasteiger partial charge in [0.15, 0.2) is 0 Å². The summed E-state index contributed by atoms with van der Waals surface area (Å²) in [7, 11) is 0. The number of alkyl halides is 3. The van der Waals surface area contributed by atoms with Crippen LogP contribution in [0.25, 0.3) is 0 Å². The van der Waals surface area contributed by atoms with Crippen molar-refractivity contribution >= 4 is 44.4 Å². The third-order valence-electron chi connectivity index (χ3n) is 1.59. The summed E-state index contributed by atoms with van der Waals surface area (Å²) in [6.45, 7) is 0. The van der Waals surface area contributed by atoms with E-state index in [2.05, 4.69) is 15.9 Å². The molecule has 0 spiro atoms. The molecule has 0 bridgehead atoms. The highest BCUT2D eigenvalue weighted by Gasteiger charge is 2.38. The molecule has 0 saturated carbocycles. The first-order valence-electron chi connectivity index (χ1n) is 3.50. The van der Waals surface area contributed by atoms with Crippen molar-refractivity contribution in [2.24, 2.45) is 0 Å². The molecular formula is C8H2BrCl2F3O. The third-order valence-corrected chi connectivity index (χ3v) is 3.16. The highest BCUT2D eigenvalue weighted by molar-refractivity contribution is 9.10. The van der Waals surface area contributed by atoms with Crippen molar-refractivity contribution in [2.75, 3.05) is 0 Å². The lowest BCUT2D eigenvalue weighted by molar-refractivity contribution is -0.138. The van der Waals surface area contributed by atoms with E-state index in [4.69, 9.17) is 23.2 Å². The number of carbonyl (C=O) groups excluding carboxylic acids is 1. The first kappa shape index (κ1) is 12.8. The number of benzene rings is 1. The average molecular weight is 322 g/mol. The Bertz CT molecular complexity index is 417. The standard InChI is InChI=1S/C8H2BrCl2F3O/c9-6-4(10)2-1-3(7(11)15)5(6)8(12,13)14/h1-2H. The summed E-state index contributed by atoms with van der Waals surface area (Å²) in [6, 6.07) is 2.10. The van der Waals surface area contributed by atoms with Crippen LogP contribution in [0.15, 0.2) is 16.6 Å². The summed E-state index contributed by atoms with van der Waals surface area (Å²) in [4.78, 5) is 10.8. The predicted molar refractivity (Wildman–Crippen MR) is 54.3 cm³/mol. The van der Waals surface area contributed by atoms with Gasteiger partial charge in [0.25, 0.3) is 5.24 Å². The molecule has 15 heavy (non-hydrogen) atoms. The van der Waals surface area contributed by atoms with Crippen LogP contribution in [0.4, 0.5) is 13.2 Å². The van der Waals surface area contributed by atoms with Crippen molar-refractivity contribution in [3.05, 3.63) is 32.8 Å². The first-order valence-corrected chi connectivity index (χ1v) is 5.05. The Labute approximate surface area is 101 Å². The fourth-order valence-corrected chi connectivity index (χ4v) is 1.88. The van der Waals surface area contributed by atoms with Gasteiger partial charge < -0.3 is 0 Å². The molecule has 0 heterocycles. The topological polar surface area (TPSA) is 17.1 Å². The third kappa shape index (κ3) is 2.65. The van der Waals surface area contributed by atoms with Crippen LogP contribution in [0, 0.1) is 0 Å². The van der Waals surface area contributed by atoms with E-state index >= 15 is 0 Å². The van der Waals surface area contributed by atoms with Gasteiger partial charge in [0, 0.05) is 10.0 Å². The maximum atomic E-state index is 12.6. The summed E-state index contributed by atoms with van der Waals surface area (Å²) in [6.07, 6.45) is -4.69. The second-order valence-corrected chi connectivity index (χ2v) is 4.10. The zero-order valence-electron chi connectivity index (χ0n) is 6.83. The van der Waals surface area contributed by atoms with E-state index < -0.39 is 22.5 Å². The van der Waals surface area contributed by atoms with Gasteiger partial charge in [0.2, 0.25) is 0 Å². The Hall–Kier alpha value is -0.260. The van der Waals surface area contributed by atoms with E-state index in [0.29, 0.717) is 0 Å². The van der Waals surface area contributed by atoms with E-state index in [0.717, 1.165) is 12.1 Å². The van der Waals surface area contributed by atoms with Gasteiger partial charge in [-0.15, -0.1) is 0 Å². The van der Waals surface area contributed by atoms with E-state index in [1.807, 2.05) is 0 Å². The van der Waals surface area contributed by atoms with Crippen molar-refractivity contribution in [1.29, 1.82) is 0 Å². The van der Waals surface area contributed by atoms with Gasteiger partial charge in [0.05, 0.1) is 10.6 Å². The van der Waals surface area contributed by atoms with Gasteiger partial charge in [-0.05, 0) is 39.7 Å². The molecule has 1 rings (SSSR count). The molecule has 0 aliphatic carbocycles. The summed E-state index contributed by atoms with van der Waals surface area (Å²) < 4.78 is 37.3. The largest absolute Gasteiger partial charge is 0.418 e. The molecule has 0 amide bonds. The second kappa shape index (κ2) is 4.31. The van der Waals surface area contributed by atoms with Crippen molar-refractivity contribution in [3.63, 3.8) is 0 Å². The van der Waals surface area contributed by atoms with Gasteiger partial charge >= 0.3 is 6.18 Å². The highest BCUT2D eigenvalue weighted by atomic mass is 79.9. The highest BCUT2D eigenvalue weighted by Crippen LogP contribution is 2.41. The van der Waals surface area contributed by atoms with Gasteiger partial charge in [-0.25, -0.2) is 0 Å². The molecule has 0 fully saturated rings. The lowest BCUT2D eigenvalue weighted by Gasteiger charge is -2.13. The molecule has 1 aromatic carbocycles. The Morgan fingerprint density at radius 3 is 2.27 bits per heavy atom. The van der Waals surface area contributed by atoms with Gasteiger partial charge in [0.1, 0.15) is 0 Å². The Kier molecular flexibility index (Phi) is 3.68. The average Bonchev–Trinajstić information content (AvgIpc) is 2.06. The Balaban J connectivity index is 3.57. The smallest absolute Gasteiger partial charge is 0.276 e. The lowest BCUT2D eigenvalue weighted by Crippen LogP contribution is -2.12. The summed E-state index contributed by atoms with van der Waals surface area (Å²) in [5.74, 6) is 0. The Morgan fingerprint density at radius 1 is 1.33 bits per heavy atom. The molecular weight excluding hydrogens is 320 g/mol. The fourth-order valence-electron chi connectivity index (χ4n) is 0.992. The van der Waals surface area contributed by atoms with Crippen LogP contribution in [0.2, 0.25) is 5.02 Å². The van der Waals surface area contributed by atoms with Crippen LogP contribution in [0.5, 0.6) is 0 Å². The molecule has 0 atom stereocenters. The molecule has 7 heteroatoms. The van der Waals surface area contributed by atoms with Gasteiger partial charge in [-0.3, -0.25) is 4.79 Å². The molecule has 0 unspecified atom stereocenters. The number of hydrogen-bond donors (Lipinski definition) is 0. The van der Waals surface area contributed by atoms with Crippen LogP contribution < -0.4 is 0 Å². The van der Waals surface area contributed by atoms with Crippen LogP contribution in [-0.2, 0) is 6.18 Å². The van der Waals surface area contributed by atoms with Crippen molar-refractivity contribution in [3.8, 4) is 0 Å². The summed E-state index contributed by atoms with van der Waals surface area (Å²) in [5.41, 5.74) is -1.78. The maximum absolute atomic E-state index is 12.6. The lowest BCUT2D eigenvalue weighted by atomic mass is 10.1. The van der Waals surface area contributed by atoms with Crippen molar-refractivity contribution in [2.45, 2.75) is 6.18 Å². The zero-order chi connectivity index (χ0) is 11.8. The minimum Gasteiger partial charge on any atom is -0.276 e. The fraction of sp³-hybridized carbons (Fsp3) is 0.125. The van der Waals surface area contributed by atoms with Gasteiger partial charge in [-0.1, -0.05) is 11.6 Å². The van der Waals surface area contributed by atoms with Crippen LogP contribution in [0.3, 0.4) is 0 Å². The van der Waals surface area contributed by atoms with E-state index in [1.165, 1.54) is 0 Å². The molecule has 0 aliphatic rings. The molecule has 0 N–H and O–H groups in total. The predicted octanol–water partition coefficient (Wildman–Crippen LogP) is 4.50. The molecule has 0 aromatic heterocycles. The van der Waals surface area contributed by atoms with Gasteiger partial charge in [-0.2, -0.15) is 13.2 Å². The molecule has 0 aliphatic heterocycles. The molecule has 1 aromatic rings. The molecule has 0 radical (unpaired) electrons.